The molecule has 1 aromatic carbocycles. The number of rotatable bonds is 4. The normalized spacial score (nSPS) is 24.8. The van der Waals surface area contributed by atoms with Crippen molar-refractivity contribution in [2.45, 2.75) is 32.0 Å². The Morgan fingerprint density at radius 3 is 2.81 bits per heavy atom. The average molecular weight is 216 g/mol. The van der Waals surface area contributed by atoms with Crippen molar-refractivity contribution in [3.8, 4) is 5.75 Å². The van der Waals surface area contributed by atoms with E-state index in [1.54, 1.807) is 0 Å². The smallest absolute Gasteiger partial charge is 0.119 e. The minimum Gasteiger partial charge on any atom is -0.494 e. The van der Waals surface area contributed by atoms with Gasteiger partial charge in [-0.3, -0.25) is 0 Å². The van der Waals surface area contributed by atoms with Crippen LogP contribution in [0, 0.1) is 0 Å². The van der Waals surface area contributed by atoms with Gasteiger partial charge in [-0.05, 0) is 29.7 Å². The molecule has 0 N–H and O–H groups in total. The largest absolute Gasteiger partial charge is 0.494 e. The van der Waals surface area contributed by atoms with E-state index in [1.165, 1.54) is 17.5 Å². The molecule has 0 saturated carbocycles. The molecule has 0 fully saturated rings. The van der Waals surface area contributed by atoms with Gasteiger partial charge in [0.1, 0.15) is 18.0 Å². The third-order valence-electron chi connectivity index (χ3n) is 3.19. The molecule has 2 unspecified atom stereocenters. The summed E-state index contributed by atoms with van der Waals surface area (Å²) in [5.41, 5.74) is 2.58. The molecule has 84 valence electrons. The van der Waals surface area contributed by atoms with Gasteiger partial charge in [0.2, 0.25) is 0 Å². The van der Waals surface area contributed by atoms with Gasteiger partial charge in [-0.25, -0.2) is 0 Å². The van der Waals surface area contributed by atoms with Crippen molar-refractivity contribution in [3.63, 3.8) is 0 Å². The number of benzene rings is 1. The standard InChI is InChI=1S/C14H16O2/c1-2-3-8-15-10-4-5-11-12(9-10)14-7-6-13(11)16-14/h4-7,9,13-14H,2-3,8H2,1H3. The van der Waals surface area contributed by atoms with E-state index in [1.807, 2.05) is 6.07 Å². The molecule has 0 aliphatic carbocycles. The molecule has 0 radical (unpaired) electrons. The fourth-order valence-corrected chi connectivity index (χ4v) is 2.29. The van der Waals surface area contributed by atoms with Crippen molar-refractivity contribution in [1.82, 2.24) is 0 Å². The minimum atomic E-state index is 0.162. The van der Waals surface area contributed by atoms with Gasteiger partial charge in [-0.1, -0.05) is 31.6 Å². The Kier molecular flexibility index (Phi) is 2.44. The monoisotopic (exact) mass is 216 g/mol. The van der Waals surface area contributed by atoms with Crippen LogP contribution in [0.2, 0.25) is 0 Å². The lowest BCUT2D eigenvalue weighted by atomic mass is 9.97. The number of hydrogen-bond donors (Lipinski definition) is 0. The van der Waals surface area contributed by atoms with Gasteiger partial charge < -0.3 is 9.47 Å². The van der Waals surface area contributed by atoms with E-state index in [2.05, 4.69) is 31.2 Å². The molecule has 2 nitrogen and oxygen atoms in total. The molecule has 2 heterocycles. The minimum absolute atomic E-state index is 0.162. The van der Waals surface area contributed by atoms with Gasteiger partial charge in [0.15, 0.2) is 0 Å². The van der Waals surface area contributed by atoms with E-state index in [-0.39, 0.29) is 12.2 Å². The number of hydrogen-bond acceptors (Lipinski definition) is 2. The molecule has 2 aliphatic rings. The molecule has 0 amide bonds. The quantitative estimate of drug-likeness (QED) is 0.566. The number of ether oxygens (including phenoxy) is 2. The van der Waals surface area contributed by atoms with Crippen LogP contribution in [-0.4, -0.2) is 6.61 Å². The lowest BCUT2D eigenvalue weighted by molar-refractivity contribution is 0.0878. The summed E-state index contributed by atoms with van der Waals surface area (Å²) in [5, 5.41) is 0. The second-order valence-electron chi connectivity index (χ2n) is 4.35. The van der Waals surface area contributed by atoms with Gasteiger partial charge >= 0.3 is 0 Å². The van der Waals surface area contributed by atoms with E-state index in [0.717, 1.165) is 18.8 Å². The average Bonchev–Trinajstić information content (AvgIpc) is 2.90. The lowest BCUT2D eigenvalue weighted by Gasteiger charge is -2.10. The fourth-order valence-electron chi connectivity index (χ4n) is 2.29. The van der Waals surface area contributed by atoms with Gasteiger partial charge in [0, 0.05) is 0 Å². The predicted octanol–water partition coefficient (Wildman–Crippen LogP) is 3.55. The van der Waals surface area contributed by atoms with E-state index < -0.39 is 0 Å². The van der Waals surface area contributed by atoms with Gasteiger partial charge in [0.05, 0.1) is 6.61 Å². The molecular weight excluding hydrogens is 200 g/mol. The van der Waals surface area contributed by atoms with Crippen LogP contribution in [0.3, 0.4) is 0 Å². The van der Waals surface area contributed by atoms with E-state index in [9.17, 15) is 0 Å². The Bertz CT molecular complexity index is 423. The molecule has 2 aliphatic heterocycles. The fraction of sp³-hybridized carbons (Fsp3) is 0.429. The first-order chi connectivity index (χ1) is 7.88. The maximum absolute atomic E-state index is 5.76. The van der Waals surface area contributed by atoms with Crippen molar-refractivity contribution in [2.75, 3.05) is 6.61 Å². The zero-order valence-corrected chi connectivity index (χ0v) is 9.48. The van der Waals surface area contributed by atoms with Crippen LogP contribution in [0.4, 0.5) is 0 Å². The van der Waals surface area contributed by atoms with Crippen molar-refractivity contribution >= 4 is 0 Å². The Hall–Kier alpha value is -1.28. The molecule has 0 spiro atoms. The summed E-state index contributed by atoms with van der Waals surface area (Å²) >= 11 is 0. The SMILES string of the molecule is CCCCOc1ccc2c(c1)C1C=CC2O1. The lowest BCUT2D eigenvalue weighted by Crippen LogP contribution is -1.99. The zero-order chi connectivity index (χ0) is 11.0. The summed E-state index contributed by atoms with van der Waals surface area (Å²) in [4.78, 5) is 0. The first-order valence-electron chi connectivity index (χ1n) is 5.99. The number of unbranched alkanes of at least 4 members (excludes halogenated alkanes) is 1. The van der Waals surface area contributed by atoms with E-state index in [4.69, 9.17) is 9.47 Å². The molecule has 1 aromatic rings. The molecular formula is C14H16O2. The maximum Gasteiger partial charge on any atom is 0.119 e. The van der Waals surface area contributed by atoms with Crippen molar-refractivity contribution in [3.05, 3.63) is 41.5 Å². The van der Waals surface area contributed by atoms with Crippen LogP contribution in [0.1, 0.15) is 43.1 Å². The number of fused-ring (bicyclic) bond motifs is 5. The van der Waals surface area contributed by atoms with Crippen LogP contribution < -0.4 is 4.74 Å². The maximum atomic E-state index is 5.76. The van der Waals surface area contributed by atoms with Crippen molar-refractivity contribution in [2.24, 2.45) is 0 Å². The first-order valence-corrected chi connectivity index (χ1v) is 5.99. The zero-order valence-electron chi connectivity index (χ0n) is 9.48. The van der Waals surface area contributed by atoms with E-state index >= 15 is 0 Å². The van der Waals surface area contributed by atoms with Gasteiger partial charge in [0.25, 0.3) is 0 Å². The molecule has 0 saturated heterocycles. The molecule has 16 heavy (non-hydrogen) atoms. The van der Waals surface area contributed by atoms with Crippen LogP contribution >= 0.6 is 0 Å². The molecule has 3 rings (SSSR count). The Labute approximate surface area is 95.9 Å². The summed E-state index contributed by atoms with van der Waals surface area (Å²) in [7, 11) is 0. The molecule has 2 bridgehead atoms. The third-order valence-corrected chi connectivity index (χ3v) is 3.19. The van der Waals surface area contributed by atoms with Crippen molar-refractivity contribution < 1.29 is 9.47 Å². The Morgan fingerprint density at radius 2 is 2.00 bits per heavy atom. The van der Waals surface area contributed by atoms with Gasteiger partial charge in [-0.2, -0.15) is 0 Å². The highest BCUT2D eigenvalue weighted by atomic mass is 16.5. The second kappa shape index (κ2) is 3.95. The summed E-state index contributed by atoms with van der Waals surface area (Å²) < 4.78 is 11.5. The summed E-state index contributed by atoms with van der Waals surface area (Å²) in [6.07, 6.45) is 6.88. The highest BCUT2D eigenvalue weighted by Crippen LogP contribution is 2.46. The highest BCUT2D eigenvalue weighted by molar-refractivity contribution is 5.46. The van der Waals surface area contributed by atoms with Crippen LogP contribution in [0.15, 0.2) is 30.4 Å². The second-order valence-corrected chi connectivity index (χ2v) is 4.35. The first kappa shape index (κ1) is 9.91. The molecule has 2 atom stereocenters. The van der Waals surface area contributed by atoms with Crippen LogP contribution in [0.25, 0.3) is 0 Å². The third kappa shape index (κ3) is 1.54. The Morgan fingerprint density at radius 1 is 1.19 bits per heavy atom. The summed E-state index contributed by atoms with van der Waals surface area (Å²) in [6.45, 7) is 2.98. The van der Waals surface area contributed by atoms with Crippen molar-refractivity contribution in [1.29, 1.82) is 0 Å². The van der Waals surface area contributed by atoms with Crippen LogP contribution in [0.5, 0.6) is 5.75 Å². The topological polar surface area (TPSA) is 18.5 Å². The van der Waals surface area contributed by atoms with Gasteiger partial charge in [-0.15, -0.1) is 0 Å². The summed E-state index contributed by atoms with van der Waals surface area (Å²) in [5.74, 6) is 0.969. The van der Waals surface area contributed by atoms with E-state index in [0.29, 0.717) is 0 Å². The Balaban J connectivity index is 1.77. The highest BCUT2D eigenvalue weighted by Gasteiger charge is 2.33. The van der Waals surface area contributed by atoms with Crippen LogP contribution in [-0.2, 0) is 4.74 Å². The summed E-state index contributed by atoms with van der Waals surface area (Å²) in [6, 6.07) is 6.30. The molecule has 2 heteroatoms. The molecule has 0 aromatic heterocycles. The predicted molar refractivity (Wildman–Crippen MR) is 62.6 cm³/mol.